The molecular weight excluding hydrogens is 327 g/mol. The molecule has 0 saturated carbocycles. The molecule has 1 fully saturated rings. The second kappa shape index (κ2) is 7.42. The van der Waals surface area contributed by atoms with Crippen LogP contribution in [0, 0.1) is 11.7 Å². The Labute approximate surface area is 143 Å². The van der Waals surface area contributed by atoms with Crippen molar-refractivity contribution in [3.05, 3.63) is 47.5 Å². The Morgan fingerprint density at radius 3 is 2.80 bits per heavy atom. The fraction of sp³-hybridized carbons (Fsp3) is 0.412. The zero-order valence-electron chi connectivity index (χ0n) is 13.6. The van der Waals surface area contributed by atoms with Crippen molar-refractivity contribution in [1.29, 1.82) is 0 Å². The third kappa shape index (κ3) is 4.01. The van der Waals surface area contributed by atoms with E-state index in [1.54, 1.807) is 29.3 Å². The highest BCUT2D eigenvalue weighted by Crippen LogP contribution is 2.34. The predicted molar refractivity (Wildman–Crippen MR) is 86.2 cm³/mol. The Balaban J connectivity index is 1.65. The topological polar surface area (TPSA) is 99.2 Å². The molecule has 0 aliphatic carbocycles. The average Bonchev–Trinajstić information content (AvgIpc) is 3.22. The summed E-state index contributed by atoms with van der Waals surface area (Å²) in [5.41, 5.74) is 1.17. The minimum Gasteiger partial charge on any atom is -0.481 e. The molecule has 0 radical (unpaired) electrons. The lowest BCUT2D eigenvalue weighted by atomic mass is 9.91. The van der Waals surface area contributed by atoms with Crippen LogP contribution in [0.15, 0.2) is 30.5 Å². The third-order valence-corrected chi connectivity index (χ3v) is 4.61. The Morgan fingerprint density at radius 2 is 2.12 bits per heavy atom. The zero-order valence-corrected chi connectivity index (χ0v) is 13.6. The van der Waals surface area contributed by atoms with Crippen molar-refractivity contribution in [3.63, 3.8) is 0 Å². The number of aliphatic carboxylic acids is 1. The van der Waals surface area contributed by atoms with E-state index < -0.39 is 5.97 Å². The number of carboxylic acid groups (broad SMARTS) is 1. The van der Waals surface area contributed by atoms with Crippen LogP contribution in [-0.2, 0) is 16.0 Å². The minimum absolute atomic E-state index is 0.0331. The van der Waals surface area contributed by atoms with Gasteiger partial charge in [-0.2, -0.15) is 15.4 Å². The summed E-state index contributed by atoms with van der Waals surface area (Å²) in [6, 6.07) is 6.39. The molecule has 2 N–H and O–H groups in total. The van der Waals surface area contributed by atoms with Gasteiger partial charge in [-0.05, 0) is 24.0 Å². The average molecular weight is 346 g/mol. The van der Waals surface area contributed by atoms with Gasteiger partial charge < -0.3 is 10.0 Å². The van der Waals surface area contributed by atoms with Crippen molar-refractivity contribution >= 4 is 11.9 Å². The van der Waals surface area contributed by atoms with Crippen LogP contribution in [0.2, 0.25) is 0 Å². The van der Waals surface area contributed by atoms with E-state index in [9.17, 15) is 14.0 Å². The van der Waals surface area contributed by atoms with Crippen molar-refractivity contribution in [1.82, 2.24) is 20.3 Å². The van der Waals surface area contributed by atoms with E-state index in [1.807, 2.05) is 0 Å². The van der Waals surface area contributed by atoms with Crippen molar-refractivity contribution < 1.29 is 19.1 Å². The molecule has 3 rings (SSSR count). The molecule has 132 valence electrons. The SMILES string of the molecule is O=C(O)C[C@@H]1CN(C(=O)CCc2ccccc2F)C[C@@H]1c1cn[nH]n1. The molecule has 2 heterocycles. The third-order valence-electron chi connectivity index (χ3n) is 4.61. The fourth-order valence-corrected chi connectivity index (χ4v) is 3.33. The number of hydrogen-bond donors (Lipinski definition) is 2. The molecule has 0 spiro atoms. The van der Waals surface area contributed by atoms with Gasteiger partial charge >= 0.3 is 5.97 Å². The highest BCUT2D eigenvalue weighted by molar-refractivity contribution is 5.77. The zero-order chi connectivity index (χ0) is 17.8. The summed E-state index contributed by atoms with van der Waals surface area (Å²) in [5, 5.41) is 19.4. The molecule has 0 bridgehead atoms. The standard InChI is InChI=1S/C17H19FN4O3/c18-14-4-2-1-3-11(14)5-6-16(23)22-9-12(7-17(24)25)13(10-22)15-8-19-21-20-15/h1-4,8,12-13H,5-7,9-10H2,(H,24,25)(H,19,20,21)/t12-,13+/m1/s1. The van der Waals surface area contributed by atoms with Crippen LogP contribution in [0.5, 0.6) is 0 Å². The molecule has 1 saturated heterocycles. The van der Waals surface area contributed by atoms with Crippen molar-refractivity contribution in [2.75, 3.05) is 13.1 Å². The summed E-state index contributed by atoms with van der Waals surface area (Å²) in [5.74, 6) is -1.70. The van der Waals surface area contributed by atoms with Crippen molar-refractivity contribution in [2.45, 2.75) is 25.2 Å². The summed E-state index contributed by atoms with van der Waals surface area (Å²) in [7, 11) is 0. The largest absolute Gasteiger partial charge is 0.481 e. The maximum atomic E-state index is 13.7. The molecule has 1 aliphatic heterocycles. The quantitative estimate of drug-likeness (QED) is 0.827. The van der Waals surface area contributed by atoms with Crippen LogP contribution in [0.4, 0.5) is 4.39 Å². The van der Waals surface area contributed by atoms with Crippen LogP contribution < -0.4 is 0 Å². The highest BCUT2D eigenvalue weighted by atomic mass is 19.1. The summed E-state index contributed by atoms with van der Waals surface area (Å²) < 4.78 is 13.7. The molecule has 1 amide bonds. The van der Waals surface area contributed by atoms with E-state index in [-0.39, 0.29) is 36.4 Å². The van der Waals surface area contributed by atoms with E-state index in [0.717, 1.165) is 0 Å². The first-order valence-corrected chi connectivity index (χ1v) is 8.13. The highest BCUT2D eigenvalue weighted by Gasteiger charge is 2.38. The summed E-state index contributed by atoms with van der Waals surface area (Å²) in [6.45, 7) is 0.764. The lowest BCUT2D eigenvalue weighted by Gasteiger charge is -2.16. The first-order valence-electron chi connectivity index (χ1n) is 8.13. The van der Waals surface area contributed by atoms with Gasteiger partial charge in [0.2, 0.25) is 5.91 Å². The predicted octanol–water partition coefficient (Wildman–Crippen LogP) is 1.59. The Bertz CT molecular complexity index is 750. The lowest BCUT2D eigenvalue weighted by molar-refractivity contribution is -0.138. The van der Waals surface area contributed by atoms with Crippen molar-refractivity contribution in [2.24, 2.45) is 5.92 Å². The van der Waals surface area contributed by atoms with Crippen molar-refractivity contribution in [3.8, 4) is 0 Å². The van der Waals surface area contributed by atoms with Gasteiger partial charge in [-0.25, -0.2) is 4.39 Å². The number of aromatic nitrogens is 3. The first kappa shape index (κ1) is 17.1. The molecule has 1 aromatic heterocycles. The van der Waals surface area contributed by atoms with Gasteiger partial charge in [0.05, 0.1) is 18.3 Å². The number of benzene rings is 1. The molecule has 1 aromatic carbocycles. The number of nitrogens with one attached hydrogen (secondary N) is 1. The summed E-state index contributed by atoms with van der Waals surface area (Å²) in [6.07, 6.45) is 2.04. The number of amides is 1. The second-order valence-corrected chi connectivity index (χ2v) is 6.25. The van der Waals surface area contributed by atoms with Gasteiger partial charge in [0.25, 0.3) is 0 Å². The maximum absolute atomic E-state index is 13.7. The van der Waals surface area contributed by atoms with Gasteiger partial charge in [0.15, 0.2) is 0 Å². The maximum Gasteiger partial charge on any atom is 0.303 e. The normalized spacial score (nSPS) is 20.0. The number of carboxylic acids is 1. The molecule has 2 atom stereocenters. The van der Waals surface area contributed by atoms with Crippen LogP contribution in [0.3, 0.4) is 0 Å². The number of aryl methyl sites for hydroxylation is 1. The van der Waals surface area contributed by atoms with E-state index in [0.29, 0.717) is 30.8 Å². The molecule has 1 aliphatic rings. The van der Waals surface area contributed by atoms with E-state index >= 15 is 0 Å². The molecular formula is C17H19FN4O3. The van der Waals surface area contributed by atoms with E-state index in [1.165, 1.54) is 6.07 Å². The van der Waals surface area contributed by atoms with Crippen LogP contribution in [-0.4, -0.2) is 50.4 Å². The smallest absolute Gasteiger partial charge is 0.303 e. The first-order chi connectivity index (χ1) is 12.0. The van der Waals surface area contributed by atoms with E-state index in [4.69, 9.17) is 5.11 Å². The summed E-state index contributed by atoms with van der Waals surface area (Å²) >= 11 is 0. The lowest BCUT2D eigenvalue weighted by Crippen LogP contribution is -2.29. The van der Waals surface area contributed by atoms with E-state index in [2.05, 4.69) is 15.4 Å². The molecule has 8 heteroatoms. The van der Waals surface area contributed by atoms with Gasteiger partial charge in [0, 0.05) is 25.4 Å². The van der Waals surface area contributed by atoms with Crippen LogP contribution in [0.1, 0.15) is 30.0 Å². The number of nitrogens with zero attached hydrogens (tertiary/aromatic N) is 3. The molecule has 0 unspecified atom stereocenters. The Kier molecular flexibility index (Phi) is 5.06. The number of halogens is 1. The molecule has 7 nitrogen and oxygen atoms in total. The van der Waals surface area contributed by atoms with Gasteiger partial charge in [0.1, 0.15) is 5.82 Å². The number of H-pyrrole nitrogens is 1. The molecule has 2 aromatic rings. The number of hydrogen-bond acceptors (Lipinski definition) is 4. The minimum atomic E-state index is -0.904. The number of rotatable bonds is 6. The summed E-state index contributed by atoms with van der Waals surface area (Å²) in [4.78, 5) is 25.2. The number of carbonyl (C=O) groups is 2. The second-order valence-electron chi connectivity index (χ2n) is 6.25. The monoisotopic (exact) mass is 346 g/mol. The van der Waals surface area contributed by atoms with Gasteiger partial charge in [-0.15, -0.1) is 0 Å². The van der Waals surface area contributed by atoms with Crippen LogP contribution >= 0.6 is 0 Å². The molecule has 25 heavy (non-hydrogen) atoms. The number of aromatic amines is 1. The van der Waals surface area contributed by atoms with Gasteiger partial charge in [-0.3, -0.25) is 9.59 Å². The fourth-order valence-electron chi connectivity index (χ4n) is 3.33. The number of carbonyl (C=O) groups excluding carboxylic acids is 1. The Hall–Kier alpha value is -2.77. The van der Waals surface area contributed by atoms with Crippen LogP contribution in [0.25, 0.3) is 0 Å². The number of likely N-dealkylation sites (tertiary alicyclic amines) is 1. The Morgan fingerprint density at radius 1 is 1.32 bits per heavy atom. The van der Waals surface area contributed by atoms with Gasteiger partial charge in [-0.1, -0.05) is 18.2 Å².